The maximum Gasteiger partial charge on any atom is 0.322 e. The number of nitrogens with one attached hydrogen (secondary N) is 1. The van der Waals surface area contributed by atoms with Crippen LogP contribution in [0.4, 0.5) is 9.18 Å². The number of amides is 2. The number of urea groups is 1. The first-order valence-electron chi connectivity index (χ1n) is 11.1. The number of halogens is 1. The second-order valence-corrected chi connectivity index (χ2v) is 8.12. The Bertz CT molecular complexity index is 1380. The van der Waals surface area contributed by atoms with Gasteiger partial charge in [0.05, 0.1) is 25.3 Å². The maximum absolute atomic E-state index is 13.6. The van der Waals surface area contributed by atoms with E-state index in [1.165, 1.54) is 12.1 Å². The Morgan fingerprint density at radius 3 is 2.49 bits per heavy atom. The van der Waals surface area contributed by atoms with E-state index < -0.39 is 6.04 Å². The van der Waals surface area contributed by atoms with E-state index in [1.807, 2.05) is 61.5 Å². The molecule has 1 atom stereocenters. The third kappa shape index (κ3) is 4.38. The molecule has 1 aliphatic heterocycles. The highest BCUT2D eigenvalue weighted by Gasteiger charge is 2.36. The first-order chi connectivity index (χ1) is 17.0. The number of carbonyl (C=O) groups is 1. The predicted molar refractivity (Wildman–Crippen MR) is 129 cm³/mol. The molecule has 0 aliphatic carbocycles. The van der Waals surface area contributed by atoms with Crippen LogP contribution in [0.5, 0.6) is 5.75 Å². The highest BCUT2D eigenvalue weighted by Crippen LogP contribution is 2.38. The van der Waals surface area contributed by atoms with Crippen LogP contribution in [0.2, 0.25) is 0 Å². The number of ether oxygens (including phenoxy) is 1. The molecule has 176 valence electrons. The number of hydrogen-bond acceptors (Lipinski definition) is 5. The molecule has 0 bridgehead atoms. The van der Waals surface area contributed by atoms with Crippen LogP contribution in [0.15, 0.2) is 89.1 Å². The smallest absolute Gasteiger partial charge is 0.322 e. The van der Waals surface area contributed by atoms with Crippen LogP contribution in [0.25, 0.3) is 17.0 Å². The van der Waals surface area contributed by atoms with Gasteiger partial charge in [-0.2, -0.15) is 4.98 Å². The molecular weight excluding hydrogens is 447 g/mol. The molecule has 0 radical (unpaired) electrons. The molecule has 5 rings (SSSR count). The zero-order valence-electron chi connectivity index (χ0n) is 19.2. The summed E-state index contributed by atoms with van der Waals surface area (Å²) in [7, 11) is 1.59. The van der Waals surface area contributed by atoms with Crippen molar-refractivity contribution in [3.8, 4) is 17.1 Å². The molecule has 1 aromatic heterocycles. The SMILES string of the molecule is COc1ccccc1CN1C(=O)NC(c2ccc(F)cc2)C(c2nc(-c3ccccc3)no2)=C1C. The van der Waals surface area contributed by atoms with Crippen molar-refractivity contribution in [1.82, 2.24) is 20.4 Å². The fraction of sp³-hybridized carbons (Fsp3) is 0.148. The minimum atomic E-state index is -0.596. The minimum absolute atomic E-state index is 0.278. The number of aromatic nitrogens is 2. The lowest BCUT2D eigenvalue weighted by atomic mass is 9.94. The fourth-order valence-electron chi connectivity index (χ4n) is 4.20. The summed E-state index contributed by atoms with van der Waals surface area (Å²) in [5.41, 5.74) is 3.65. The van der Waals surface area contributed by atoms with Crippen LogP contribution < -0.4 is 10.1 Å². The molecule has 0 saturated heterocycles. The van der Waals surface area contributed by atoms with Crippen LogP contribution in [-0.4, -0.2) is 28.2 Å². The highest BCUT2D eigenvalue weighted by atomic mass is 19.1. The Hall–Kier alpha value is -4.46. The summed E-state index contributed by atoms with van der Waals surface area (Å²) >= 11 is 0. The van der Waals surface area contributed by atoms with Crippen molar-refractivity contribution in [2.45, 2.75) is 19.5 Å². The predicted octanol–water partition coefficient (Wildman–Crippen LogP) is 5.58. The van der Waals surface area contributed by atoms with Gasteiger partial charge in [-0.05, 0) is 30.7 Å². The van der Waals surface area contributed by atoms with E-state index in [0.717, 1.165) is 11.1 Å². The molecule has 0 spiro atoms. The van der Waals surface area contributed by atoms with Gasteiger partial charge in [-0.3, -0.25) is 4.90 Å². The molecule has 1 N–H and O–H groups in total. The molecule has 7 nitrogen and oxygen atoms in total. The van der Waals surface area contributed by atoms with Crippen molar-refractivity contribution >= 4 is 11.6 Å². The van der Waals surface area contributed by atoms with Gasteiger partial charge >= 0.3 is 6.03 Å². The molecule has 0 saturated carbocycles. The van der Waals surface area contributed by atoms with E-state index in [1.54, 1.807) is 24.1 Å². The van der Waals surface area contributed by atoms with E-state index in [2.05, 4.69) is 15.5 Å². The zero-order chi connectivity index (χ0) is 24.4. The molecule has 4 aromatic rings. The average molecular weight is 471 g/mol. The quantitative estimate of drug-likeness (QED) is 0.398. The van der Waals surface area contributed by atoms with E-state index in [4.69, 9.17) is 9.26 Å². The van der Waals surface area contributed by atoms with Crippen molar-refractivity contribution in [1.29, 1.82) is 0 Å². The van der Waals surface area contributed by atoms with E-state index in [-0.39, 0.29) is 24.3 Å². The van der Waals surface area contributed by atoms with Gasteiger partial charge in [0.25, 0.3) is 5.89 Å². The Labute approximate surface area is 201 Å². The Morgan fingerprint density at radius 1 is 1.03 bits per heavy atom. The van der Waals surface area contributed by atoms with E-state index in [0.29, 0.717) is 28.4 Å². The van der Waals surface area contributed by atoms with Crippen LogP contribution in [0, 0.1) is 5.82 Å². The lowest BCUT2D eigenvalue weighted by Crippen LogP contribution is -2.45. The summed E-state index contributed by atoms with van der Waals surface area (Å²) in [6.07, 6.45) is 0. The number of hydrogen-bond donors (Lipinski definition) is 1. The normalized spacial score (nSPS) is 15.8. The Kier molecular flexibility index (Phi) is 6.01. The first kappa shape index (κ1) is 22.3. The molecule has 2 amide bonds. The topological polar surface area (TPSA) is 80.5 Å². The zero-order valence-corrected chi connectivity index (χ0v) is 19.2. The van der Waals surface area contributed by atoms with Gasteiger partial charge in [0.1, 0.15) is 11.6 Å². The highest BCUT2D eigenvalue weighted by molar-refractivity contribution is 5.87. The van der Waals surface area contributed by atoms with Gasteiger partial charge in [-0.1, -0.05) is 65.8 Å². The summed E-state index contributed by atoms with van der Waals surface area (Å²) < 4.78 is 24.8. The number of benzene rings is 3. The molecule has 35 heavy (non-hydrogen) atoms. The molecular formula is C27H23FN4O3. The van der Waals surface area contributed by atoms with Crippen molar-refractivity contribution in [3.05, 3.63) is 107 Å². The standard InChI is InChI=1S/C27H23FN4O3/c1-17-23(26-30-25(31-35-26)19-8-4-3-5-9-19)24(18-12-14-21(28)15-13-18)29-27(33)32(17)16-20-10-6-7-11-22(20)34-2/h3-15,24H,16H2,1-2H3,(H,29,33). The van der Waals surface area contributed by atoms with Gasteiger partial charge in [-0.25, -0.2) is 9.18 Å². The Morgan fingerprint density at radius 2 is 1.74 bits per heavy atom. The number of methoxy groups -OCH3 is 1. The molecule has 8 heteroatoms. The average Bonchev–Trinajstić information content (AvgIpc) is 3.37. The second-order valence-electron chi connectivity index (χ2n) is 8.12. The van der Waals surface area contributed by atoms with Crippen LogP contribution >= 0.6 is 0 Å². The van der Waals surface area contributed by atoms with Crippen molar-refractivity contribution in [2.75, 3.05) is 7.11 Å². The first-order valence-corrected chi connectivity index (χ1v) is 11.1. The fourth-order valence-corrected chi connectivity index (χ4v) is 4.20. The summed E-state index contributed by atoms with van der Waals surface area (Å²) in [6, 6.07) is 22.1. The van der Waals surface area contributed by atoms with Gasteiger partial charge in [0.2, 0.25) is 5.82 Å². The number of rotatable bonds is 6. The molecule has 0 fully saturated rings. The number of para-hydroxylation sites is 1. The summed E-state index contributed by atoms with van der Waals surface area (Å²) in [4.78, 5) is 19.5. The van der Waals surface area contributed by atoms with Gasteiger partial charge in [0.15, 0.2) is 0 Å². The van der Waals surface area contributed by atoms with Crippen molar-refractivity contribution in [2.24, 2.45) is 0 Å². The third-order valence-corrected chi connectivity index (χ3v) is 6.01. The lowest BCUT2D eigenvalue weighted by Gasteiger charge is -2.35. The van der Waals surface area contributed by atoms with Gasteiger partial charge in [-0.15, -0.1) is 0 Å². The summed E-state index contributed by atoms with van der Waals surface area (Å²) in [5.74, 6) is 1.03. The van der Waals surface area contributed by atoms with Crippen molar-refractivity contribution in [3.63, 3.8) is 0 Å². The minimum Gasteiger partial charge on any atom is -0.496 e. The van der Waals surface area contributed by atoms with Crippen LogP contribution in [-0.2, 0) is 6.54 Å². The van der Waals surface area contributed by atoms with Gasteiger partial charge < -0.3 is 14.6 Å². The number of nitrogens with zero attached hydrogens (tertiary/aromatic N) is 3. The summed E-state index contributed by atoms with van der Waals surface area (Å²) in [5, 5.41) is 7.19. The Balaban J connectivity index is 1.60. The van der Waals surface area contributed by atoms with E-state index >= 15 is 0 Å². The van der Waals surface area contributed by atoms with Crippen molar-refractivity contribution < 1.29 is 18.4 Å². The van der Waals surface area contributed by atoms with Gasteiger partial charge in [0, 0.05) is 16.8 Å². The van der Waals surface area contributed by atoms with E-state index in [9.17, 15) is 9.18 Å². The maximum atomic E-state index is 13.6. The third-order valence-electron chi connectivity index (χ3n) is 6.01. The number of allylic oxidation sites excluding steroid dienone is 1. The number of carbonyl (C=O) groups excluding carboxylic acids is 1. The molecule has 1 aliphatic rings. The second kappa shape index (κ2) is 9.42. The van der Waals surface area contributed by atoms with Crippen LogP contribution in [0.1, 0.15) is 30.0 Å². The molecule has 1 unspecified atom stereocenters. The molecule has 3 aromatic carbocycles. The molecule has 2 heterocycles. The largest absolute Gasteiger partial charge is 0.496 e. The lowest BCUT2D eigenvalue weighted by molar-refractivity contribution is 0.202. The summed E-state index contributed by atoms with van der Waals surface area (Å²) in [6.45, 7) is 2.12. The van der Waals surface area contributed by atoms with Crippen LogP contribution in [0.3, 0.4) is 0 Å². The monoisotopic (exact) mass is 470 g/mol.